The van der Waals surface area contributed by atoms with Crippen LogP contribution in [-0.2, 0) is 11.3 Å². The maximum atomic E-state index is 12.0. The second kappa shape index (κ2) is 9.53. The molecule has 0 radical (unpaired) electrons. The first-order valence-electron chi connectivity index (χ1n) is 6.55. The Morgan fingerprint density at radius 2 is 1.86 bits per heavy atom. The molecule has 8 heteroatoms. The highest BCUT2D eigenvalue weighted by molar-refractivity contribution is 5.85. The van der Waals surface area contributed by atoms with Crippen LogP contribution in [0.3, 0.4) is 0 Å². The van der Waals surface area contributed by atoms with Crippen molar-refractivity contribution in [1.82, 2.24) is 10.2 Å². The molecule has 1 aromatic rings. The number of carbonyl (C=O) groups excluding carboxylic acids is 1. The van der Waals surface area contributed by atoms with Gasteiger partial charge in [0.25, 0.3) is 0 Å². The minimum Gasteiger partial charge on any atom is -0.406 e. The van der Waals surface area contributed by atoms with Crippen molar-refractivity contribution in [3.8, 4) is 5.75 Å². The Bertz CT molecular complexity index is 452. The molecule has 0 fully saturated rings. The second-order valence-electron chi connectivity index (χ2n) is 4.65. The molecule has 0 aliphatic rings. The van der Waals surface area contributed by atoms with Crippen LogP contribution >= 0.6 is 12.4 Å². The topological polar surface area (TPSA) is 41.6 Å². The summed E-state index contributed by atoms with van der Waals surface area (Å²) < 4.78 is 39.9. The van der Waals surface area contributed by atoms with Gasteiger partial charge < -0.3 is 15.0 Å². The lowest BCUT2D eigenvalue weighted by Gasteiger charge is -2.17. The summed E-state index contributed by atoms with van der Waals surface area (Å²) in [5, 5.41) is 2.96. The Morgan fingerprint density at radius 3 is 2.36 bits per heavy atom. The summed E-state index contributed by atoms with van der Waals surface area (Å²) in [7, 11) is 3.49. The SMILES string of the molecule is CNCCCC(=O)N(C)Cc1ccc(OC(F)(F)F)cc1.Cl. The number of rotatable bonds is 7. The lowest BCUT2D eigenvalue weighted by molar-refractivity contribution is -0.274. The number of amides is 1. The van der Waals surface area contributed by atoms with Crippen molar-refractivity contribution in [3.05, 3.63) is 29.8 Å². The molecule has 126 valence electrons. The third-order valence-corrected chi connectivity index (χ3v) is 2.82. The summed E-state index contributed by atoms with van der Waals surface area (Å²) in [6.45, 7) is 1.12. The first-order valence-corrected chi connectivity index (χ1v) is 6.55. The quantitative estimate of drug-likeness (QED) is 0.776. The zero-order valence-corrected chi connectivity index (χ0v) is 13.3. The molecular weight excluding hydrogens is 321 g/mol. The number of nitrogens with one attached hydrogen (secondary N) is 1. The number of hydrogen-bond donors (Lipinski definition) is 1. The average molecular weight is 341 g/mol. The number of halogens is 4. The molecule has 1 amide bonds. The lowest BCUT2D eigenvalue weighted by atomic mass is 10.2. The zero-order chi connectivity index (χ0) is 15.9. The van der Waals surface area contributed by atoms with Crippen LogP contribution in [0.4, 0.5) is 13.2 Å². The third kappa shape index (κ3) is 8.09. The molecule has 1 rings (SSSR count). The second-order valence-corrected chi connectivity index (χ2v) is 4.65. The Hall–Kier alpha value is -1.47. The monoisotopic (exact) mass is 340 g/mol. The van der Waals surface area contributed by atoms with E-state index in [1.165, 1.54) is 24.3 Å². The standard InChI is InChI=1S/C14H19F3N2O2.ClH/c1-18-9-3-4-13(20)19(2)10-11-5-7-12(8-6-11)21-14(15,16)17;/h5-8,18H,3-4,9-10H2,1-2H3;1H. The molecule has 0 heterocycles. The molecular formula is C14H20ClF3N2O2. The summed E-state index contributed by atoms with van der Waals surface area (Å²) in [5.74, 6) is -0.268. The van der Waals surface area contributed by atoms with Crippen LogP contribution in [0.2, 0.25) is 0 Å². The van der Waals surface area contributed by atoms with Crippen molar-refractivity contribution in [1.29, 1.82) is 0 Å². The van der Waals surface area contributed by atoms with E-state index in [2.05, 4.69) is 10.1 Å². The van der Waals surface area contributed by atoms with Crippen LogP contribution in [-0.4, -0.2) is 37.8 Å². The lowest BCUT2D eigenvalue weighted by Crippen LogP contribution is -2.26. The summed E-state index contributed by atoms with van der Waals surface area (Å²) in [5.41, 5.74) is 0.744. The largest absolute Gasteiger partial charge is 0.573 e. The third-order valence-electron chi connectivity index (χ3n) is 2.82. The highest BCUT2D eigenvalue weighted by Gasteiger charge is 2.30. The van der Waals surface area contributed by atoms with Crippen LogP contribution in [0.5, 0.6) is 5.75 Å². The smallest absolute Gasteiger partial charge is 0.406 e. The first kappa shape index (κ1) is 20.5. The van der Waals surface area contributed by atoms with Gasteiger partial charge >= 0.3 is 6.36 Å². The van der Waals surface area contributed by atoms with E-state index in [0.717, 1.165) is 18.5 Å². The molecule has 0 aromatic heterocycles. The molecule has 0 aliphatic heterocycles. The zero-order valence-electron chi connectivity index (χ0n) is 12.4. The van der Waals surface area contributed by atoms with Crippen LogP contribution in [0.15, 0.2) is 24.3 Å². The minimum atomic E-state index is -4.69. The Labute approximate surface area is 134 Å². The van der Waals surface area contributed by atoms with Gasteiger partial charge in [-0.1, -0.05) is 12.1 Å². The number of ether oxygens (including phenoxy) is 1. The predicted octanol–water partition coefficient (Wildman–Crippen LogP) is 2.97. The highest BCUT2D eigenvalue weighted by Crippen LogP contribution is 2.23. The Morgan fingerprint density at radius 1 is 1.27 bits per heavy atom. The molecule has 1 aromatic carbocycles. The molecule has 0 bridgehead atoms. The fraction of sp³-hybridized carbons (Fsp3) is 0.500. The van der Waals surface area contributed by atoms with E-state index in [1.807, 2.05) is 7.05 Å². The molecule has 22 heavy (non-hydrogen) atoms. The fourth-order valence-corrected chi connectivity index (χ4v) is 1.77. The first-order chi connectivity index (χ1) is 9.81. The molecule has 0 atom stereocenters. The summed E-state index contributed by atoms with van der Waals surface area (Å²) in [4.78, 5) is 13.4. The molecule has 0 saturated carbocycles. The molecule has 4 nitrogen and oxygen atoms in total. The number of carbonyl (C=O) groups is 1. The normalized spacial score (nSPS) is 10.8. The van der Waals surface area contributed by atoms with Crippen molar-refractivity contribution in [2.75, 3.05) is 20.6 Å². The van der Waals surface area contributed by atoms with Gasteiger partial charge in [-0.05, 0) is 37.7 Å². The van der Waals surface area contributed by atoms with Crippen LogP contribution in [0.25, 0.3) is 0 Å². The highest BCUT2D eigenvalue weighted by atomic mass is 35.5. The average Bonchev–Trinajstić information content (AvgIpc) is 2.39. The number of nitrogens with zero attached hydrogens (tertiary/aromatic N) is 1. The van der Waals surface area contributed by atoms with Gasteiger partial charge in [-0.3, -0.25) is 4.79 Å². The van der Waals surface area contributed by atoms with Crippen molar-refractivity contribution in [3.63, 3.8) is 0 Å². The van der Waals surface area contributed by atoms with Crippen LogP contribution in [0.1, 0.15) is 18.4 Å². The van der Waals surface area contributed by atoms with E-state index in [1.54, 1.807) is 11.9 Å². The van der Waals surface area contributed by atoms with Crippen LogP contribution < -0.4 is 10.1 Å². The van der Waals surface area contributed by atoms with Gasteiger partial charge in [0.2, 0.25) is 5.91 Å². The maximum Gasteiger partial charge on any atom is 0.573 e. The van der Waals surface area contributed by atoms with Gasteiger partial charge in [0.05, 0.1) is 0 Å². The number of benzene rings is 1. The van der Waals surface area contributed by atoms with E-state index in [4.69, 9.17) is 0 Å². The van der Waals surface area contributed by atoms with E-state index in [0.29, 0.717) is 13.0 Å². The summed E-state index contributed by atoms with van der Waals surface area (Å²) in [6, 6.07) is 5.50. The van der Waals surface area contributed by atoms with Crippen molar-refractivity contribution >= 4 is 18.3 Å². The van der Waals surface area contributed by atoms with Gasteiger partial charge in [-0.25, -0.2) is 0 Å². The van der Waals surface area contributed by atoms with Crippen molar-refractivity contribution in [2.45, 2.75) is 25.7 Å². The predicted molar refractivity (Wildman–Crippen MR) is 80.0 cm³/mol. The summed E-state index contributed by atoms with van der Waals surface area (Å²) in [6.07, 6.45) is -3.51. The molecule has 0 aliphatic carbocycles. The molecule has 0 spiro atoms. The Balaban J connectivity index is 0.00000441. The van der Waals surface area contributed by atoms with E-state index >= 15 is 0 Å². The van der Waals surface area contributed by atoms with Gasteiger partial charge in [0, 0.05) is 20.0 Å². The van der Waals surface area contributed by atoms with Gasteiger partial charge in [-0.2, -0.15) is 0 Å². The Kier molecular flexibility index (Phi) is 8.89. The fourth-order valence-electron chi connectivity index (χ4n) is 1.77. The van der Waals surface area contributed by atoms with E-state index < -0.39 is 6.36 Å². The number of alkyl halides is 3. The summed E-state index contributed by atoms with van der Waals surface area (Å²) >= 11 is 0. The van der Waals surface area contributed by atoms with Crippen molar-refractivity contribution in [2.24, 2.45) is 0 Å². The van der Waals surface area contributed by atoms with Crippen molar-refractivity contribution < 1.29 is 22.7 Å². The molecule has 0 saturated heterocycles. The van der Waals surface area contributed by atoms with Gasteiger partial charge in [0.15, 0.2) is 0 Å². The molecule has 1 N–H and O–H groups in total. The maximum absolute atomic E-state index is 12.0. The number of hydrogen-bond acceptors (Lipinski definition) is 3. The molecule has 0 unspecified atom stereocenters. The van der Waals surface area contributed by atoms with E-state index in [-0.39, 0.29) is 24.1 Å². The minimum absolute atomic E-state index is 0. The van der Waals surface area contributed by atoms with Gasteiger partial charge in [-0.15, -0.1) is 25.6 Å². The van der Waals surface area contributed by atoms with Crippen LogP contribution in [0, 0.1) is 0 Å². The van der Waals surface area contributed by atoms with Gasteiger partial charge in [0.1, 0.15) is 5.75 Å². The van der Waals surface area contributed by atoms with E-state index in [9.17, 15) is 18.0 Å².